The summed E-state index contributed by atoms with van der Waals surface area (Å²) in [6, 6.07) is 7.16. The van der Waals surface area contributed by atoms with E-state index in [9.17, 15) is 4.79 Å². The third-order valence-electron chi connectivity index (χ3n) is 2.72. The highest BCUT2D eigenvalue weighted by molar-refractivity contribution is 5.96. The molecule has 1 fully saturated rings. The first-order chi connectivity index (χ1) is 9.56. The van der Waals surface area contributed by atoms with Crippen LogP contribution in [0.15, 0.2) is 34.3 Å². The Morgan fingerprint density at radius 2 is 2.10 bits per heavy atom. The summed E-state index contributed by atoms with van der Waals surface area (Å²) in [7, 11) is 0. The van der Waals surface area contributed by atoms with Crippen molar-refractivity contribution in [3.05, 3.63) is 24.3 Å². The Morgan fingerprint density at radius 3 is 2.80 bits per heavy atom. The van der Waals surface area contributed by atoms with Gasteiger partial charge >= 0.3 is 0 Å². The molecular formula is C12H17N7O. The molecule has 0 radical (unpaired) electrons. The summed E-state index contributed by atoms with van der Waals surface area (Å²) in [5, 5.41) is 3.02. The van der Waals surface area contributed by atoms with E-state index in [1.807, 2.05) is 6.07 Å². The molecule has 0 aliphatic carbocycles. The van der Waals surface area contributed by atoms with Crippen molar-refractivity contribution >= 4 is 29.2 Å². The van der Waals surface area contributed by atoms with E-state index in [4.69, 9.17) is 17.2 Å². The zero-order chi connectivity index (χ0) is 14.5. The predicted molar refractivity (Wildman–Crippen MR) is 78.8 cm³/mol. The maximum atomic E-state index is 11.8. The maximum absolute atomic E-state index is 11.8. The van der Waals surface area contributed by atoms with E-state index in [0.29, 0.717) is 18.8 Å². The van der Waals surface area contributed by atoms with Gasteiger partial charge in [0, 0.05) is 18.8 Å². The van der Waals surface area contributed by atoms with Gasteiger partial charge in [-0.15, -0.1) is 0 Å². The molecule has 0 saturated carbocycles. The van der Waals surface area contributed by atoms with Crippen molar-refractivity contribution in [3.63, 3.8) is 0 Å². The second kappa shape index (κ2) is 6.02. The summed E-state index contributed by atoms with van der Waals surface area (Å²) in [6.07, 6.45) is 0. The topological polar surface area (TPSA) is 135 Å². The summed E-state index contributed by atoms with van der Waals surface area (Å²) in [4.78, 5) is 21.2. The summed E-state index contributed by atoms with van der Waals surface area (Å²) < 4.78 is 0. The summed E-state index contributed by atoms with van der Waals surface area (Å²) >= 11 is 0. The Labute approximate surface area is 116 Å². The number of nitrogens with two attached hydrogens (primary N) is 3. The molecule has 8 heteroatoms. The Hall–Kier alpha value is -2.61. The average Bonchev–Trinajstić information content (AvgIpc) is 2.38. The number of aliphatic imine (C=N–C) groups is 2. The van der Waals surface area contributed by atoms with Gasteiger partial charge in [-0.2, -0.15) is 4.99 Å². The van der Waals surface area contributed by atoms with Crippen LogP contribution in [-0.2, 0) is 4.79 Å². The van der Waals surface area contributed by atoms with Crippen LogP contribution in [0, 0.1) is 0 Å². The molecule has 1 aromatic carbocycles. The summed E-state index contributed by atoms with van der Waals surface area (Å²) in [5.74, 6) is -0.164. The van der Waals surface area contributed by atoms with Crippen LogP contribution in [0.4, 0.5) is 11.4 Å². The molecule has 1 amide bonds. The molecular weight excluding hydrogens is 258 g/mol. The average molecular weight is 275 g/mol. The number of carbonyl (C=O) groups is 1. The minimum Gasteiger partial charge on any atom is -0.370 e. The Morgan fingerprint density at radius 1 is 1.30 bits per heavy atom. The molecule has 8 nitrogen and oxygen atoms in total. The molecule has 1 aliphatic heterocycles. The molecule has 7 N–H and O–H groups in total. The van der Waals surface area contributed by atoms with Gasteiger partial charge in [-0.1, -0.05) is 6.07 Å². The van der Waals surface area contributed by atoms with Gasteiger partial charge in [0.2, 0.25) is 11.9 Å². The van der Waals surface area contributed by atoms with Crippen LogP contribution in [0.3, 0.4) is 0 Å². The van der Waals surface area contributed by atoms with Crippen LogP contribution < -0.4 is 27.4 Å². The number of benzene rings is 1. The summed E-state index contributed by atoms with van der Waals surface area (Å²) in [5.41, 5.74) is 17.4. The molecule has 20 heavy (non-hydrogen) atoms. The first-order valence-electron chi connectivity index (χ1n) is 6.11. The van der Waals surface area contributed by atoms with Crippen LogP contribution in [0.1, 0.15) is 0 Å². The van der Waals surface area contributed by atoms with E-state index < -0.39 is 0 Å². The van der Waals surface area contributed by atoms with Crippen molar-refractivity contribution in [2.24, 2.45) is 27.2 Å². The number of hydrogen-bond donors (Lipinski definition) is 4. The van der Waals surface area contributed by atoms with Gasteiger partial charge in [-0.3, -0.25) is 4.79 Å². The molecule has 1 aromatic rings. The second-order valence-electron chi connectivity index (χ2n) is 4.25. The molecule has 1 saturated heterocycles. The van der Waals surface area contributed by atoms with Crippen LogP contribution in [0.2, 0.25) is 0 Å². The smallest absolute Gasteiger partial charge is 0.240 e. The zero-order valence-electron chi connectivity index (χ0n) is 10.9. The first kappa shape index (κ1) is 13.8. The minimum atomic E-state index is -0.153. The van der Waals surface area contributed by atoms with E-state index in [1.54, 1.807) is 23.1 Å². The molecule has 1 aliphatic rings. The van der Waals surface area contributed by atoms with Gasteiger partial charge < -0.3 is 27.4 Å². The number of hydrogen-bond acceptors (Lipinski definition) is 3. The number of amides is 1. The van der Waals surface area contributed by atoms with E-state index >= 15 is 0 Å². The molecule has 1 heterocycles. The Balaban J connectivity index is 2.24. The van der Waals surface area contributed by atoms with E-state index in [0.717, 1.165) is 12.2 Å². The van der Waals surface area contributed by atoms with Gasteiger partial charge in [0.05, 0.1) is 12.2 Å². The lowest BCUT2D eigenvalue weighted by Crippen LogP contribution is -2.48. The van der Waals surface area contributed by atoms with Crippen LogP contribution >= 0.6 is 0 Å². The van der Waals surface area contributed by atoms with Crippen LogP contribution in [0.5, 0.6) is 0 Å². The lowest BCUT2D eigenvalue weighted by Gasteiger charge is -2.27. The number of piperazine rings is 1. The second-order valence-corrected chi connectivity index (χ2v) is 4.25. The van der Waals surface area contributed by atoms with Gasteiger partial charge in [0.25, 0.3) is 0 Å². The zero-order valence-corrected chi connectivity index (χ0v) is 10.9. The SMILES string of the molecule is NC(N)=NC(N)=Nc1cccc(N2CCNCC2=O)c1. The number of anilines is 1. The number of nitrogens with zero attached hydrogens (tertiary/aromatic N) is 3. The minimum absolute atomic E-state index is 0.0228. The van der Waals surface area contributed by atoms with Crippen molar-refractivity contribution < 1.29 is 4.79 Å². The van der Waals surface area contributed by atoms with Gasteiger partial charge in [-0.05, 0) is 18.2 Å². The van der Waals surface area contributed by atoms with Crippen molar-refractivity contribution in [2.75, 3.05) is 24.5 Å². The Kier molecular flexibility index (Phi) is 4.16. The highest BCUT2D eigenvalue weighted by atomic mass is 16.2. The fourth-order valence-electron chi connectivity index (χ4n) is 1.90. The standard InChI is InChI=1S/C12H17N7O/c13-11(14)18-12(15)17-8-2-1-3-9(6-8)19-5-4-16-7-10(19)20/h1-3,6,16H,4-5,7H2,(H6,13,14,15,17,18). The third-order valence-corrected chi connectivity index (χ3v) is 2.72. The molecule has 0 spiro atoms. The van der Waals surface area contributed by atoms with Crippen molar-refractivity contribution in [3.8, 4) is 0 Å². The molecule has 0 atom stereocenters. The highest BCUT2D eigenvalue weighted by Gasteiger charge is 2.19. The van der Waals surface area contributed by atoms with Crippen LogP contribution in [-0.4, -0.2) is 37.5 Å². The van der Waals surface area contributed by atoms with Gasteiger partial charge in [0.15, 0.2) is 5.96 Å². The number of nitrogens with one attached hydrogen (secondary N) is 1. The highest BCUT2D eigenvalue weighted by Crippen LogP contribution is 2.22. The third kappa shape index (κ3) is 3.45. The molecule has 2 rings (SSSR count). The first-order valence-corrected chi connectivity index (χ1v) is 6.11. The quantitative estimate of drug-likeness (QED) is 0.399. The fraction of sp³-hybridized carbons (Fsp3) is 0.250. The predicted octanol–water partition coefficient (Wildman–Crippen LogP) is -1.16. The monoisotopic (exact) mass is 275 g/mol. The molecule has 0 bridgehead atoms. The summed E-state index contributed by atoms with van der Waals surface area (Å²) in [6.45, 7) is 1.72. The lowest BCUT2D eigenvalue weighted by molar-refractivity contribution is -0.118. The maximum Gasteiger partial charge on any atom is 0.240 e. The molecule has 0 unspecified atom stereocenters. The van der Waals surface area contributed by atoms with Crippen molar-refractivity contribution in [1.82, 2.24) is 5.32 Å². The molecule has 0 aromatic heterocycles. The lowest BCUT2D eigenvalue weighted by atomic mass is 10.2. The van der Waals surface area contributed by atoms with Gasteiger partial charge in [0.1, 0.15) is 0 Å². The fourth-order valence-corrected chi connectivity index (χ4v) is 1.90. The number of rotatable bonds is 2. The normalized spacial score (nSPS) is 16.1. The van der Waals surface area contributed by atoms with Crippen LogP contribution in [0.25, 0.3) is 0 Å². The van der Waals surface area contributed by atoms with E-state index in [-0.39, 0.29) is 17.8 Å². The number of carbonyl (C=O) groups excluding carboxylic acids is 1. The van der Waals surface area contributed by atoms with E-state index in [1.165, 1.54) is 0 Å². The molecule has 106 valence electrons. The largest absolute Gasteiger partial charge is 0.370 e. The van der Waals surface area contributed by atoms with Crippen molar-refractivity contribution in [2.45, 2.75) is 0 Å². The van der Waals surface area contributed by atoms with Crippen molar-refractivity contribution in [1.29, 1.82) is 0 Å². The van der Waals surface area contributed by atoms with E-state index in [2.05, 4.69) is 15.3 Å². The Bertz CT molecular complexity index is 563. The van der Waals surface area contributed by atoms with Gasteiger partial charge in [-0.25, -0.2) is 4.99 Å². The number of guanidine groups is 2.